The summed E-state index contributed by atoms with van der Waals surface area (Å²) in [6.45, 7) is 0.520. The van der Waals surface area contributed by atoms with E-state index < -0.39 is 0 Å². The van der Waals surface area contributed by atoms with Gasteiger partial charge in [0.1, 0.15) is 5.82 Å². The third-order valence-corrected chi connectivity index (χ3v) is 4.30. The van der Waals surface area contributed by atoms with Crippen LogP contribution in [-0.2, 0) is 0 Å². The van der Waals surface area contributed by atoms with Gasteiger partial charge in [-0.05, 0) is 47.0 Å². The van der Waals surface area contributed by atoms with Crippen molar-refractivity contribution in [3.63, 3.8) is 0 Å². The Bertz CT molecular complexity index is 498. The minimum Gasteiger partial charge on any atom is -0.393 e. The van der Waals surface area contributed by atoms with Crippen LogP contribution in [0.5, 0.6) is 0 Å². The number of aliphatic hydroxyl groups is 1. The van der Waals surface area contributed by atoms with Gasteiger partial charge in [-0.25, -0.2) is 9.18 Å². The number of nitrogens with one attached hydrogen (secondary N) is 1. The number of rotatable bonds is 3. The Morgan fingerprint density at radius 2 is 2.30 bits per heavy atom. The molecular formula is C14H18BrFN2O2. The topological polar surface area (TPSA) is 52.6 Å². The van der Waals surface area contributed by atoms with Gasteiger partial charge in [0.05, 0.1) is 11.8 Å². The van der Waals surface area contributed by atoms with Crippen molar-refractivity contribution >= 4 is 27.6 Å². The highest BCUT2D eigenvalue weighted by atomic mass is 79.9. The second-order valence-corrected chi connectivity index (χ2v) is 6.05. The Morgan fingerprint density at radius 3 is 2.90 bits per heavy atom. The number of anilines is 1. The van der Waals surface area contributed by atoms with Gasteiger partial charge >= 0.3 is 6.03 Å². The third kappa shape index (κ3) is 3.70. The second-order valence-electron chi connectivity index (χ2n) is 5.19. The summed E-state index contributed by atoms with van der Waals surface area (Å²) in [5, 5.41) is 12.5. The van der Waals surface area contributed by atoms with Crippen LogP contribution < -0.4 is 5.32 Å². The molecule has 6 heteroatoms. The van der Waals surface area contributed by atoms with Crippen LogP contribution in [0, 0.1) is 11.7 Å². The van der Waals surface area contributed by atoms with Crippen LogP contribution in [-0.4, -0.2) is 35.7 Å². The molecule has 4 nitrogen and oxygen atoms in total. The smallest absolute Gasteiger partial charge is 0.321 e. The number of carbonyl (C=O) groups excluding carboxylic acids is 1. The minimum absolute atomic E-state index is 0.141. The maximum Gasteiger partial charge on any atom is 0.321 e. The van der Waals surface area contributed by atoms with E-state index in [1.54, 1.807) is 11.9 Å². The number of hydrogen-bond donors (Lipinski definition) is 2. The molecule has 2 unspecified atom stereocenters. The van der Waals surface area contributed by atoms with Crippen LogP contribution in [0.25, 0.3) is 0 Å². The molecule has 2 rings (SSSR count). The van der Waals surface area contributed by atoms with Gasteiger partial charge < -0.3 is 15.3 Å². The molecule has 20 heavy (non-hydrogen) atoms. The Labute approximate surface area is 126 Å². The van der Waals surface area contributed by atoms with E-state index in [1.165, 1.54) is 18.2 Å². The molecule has 1 aliphatic rings. The van der Waals surface area contributed by atoms with Crippen LogP contribution in [0.4, 0.5) is 14.9 Å². The fourth-order valence-electron chi connectivity index (χ4n) is 2.47. The molecule has 0 heterocycles. The third-order valence-electron chi connectivity index (χ3n) is 3.65. The first-order valence-corrected chi connectivity index (χ1v) is 7.42. The largest absolute Gasteiger partial charge is 0.393 e. The van der Waals surface area contributed by atoms with Crippen molar-refractivity contribution in [2.45, 2.75) is 25.4 Å². The van der Waals surface area contributed by atoms with Crippen molar-refractivity contribution < 1.29 is 14.3 Å². The Kier molecular flexibility index (Phi) is 4.99. The summed E-state index contributed by atoms with van der Waals surface area (Å²) in [4.78, 5) is 13.6. The average Bonchev–Trinajstić information content (AvgIpc) is 2.78. The zero-order valence-electron chi connectivity index (χ0n) is 11.3. The highest BCUT2D eigenvalue weighted by molar-refractivity contribution is 9.10. The summed E-state index contributed by atoms with van der Waals surface area (Å²) in [6.07, 6.45) is 2.44. The lowest BCUT2D eigenvalue weighted by molar-refractivity contribution is 0.116. The van der Waals surface area contributed by atoms with Crippen molar-refractivity contribution in [2.24, 2.45) is 5.92 Å². The van der Waals surface area contributed by atoms with Gasteiger partial charge in [0.15, 0.2) is 0 Å². The molecule has 0 aromatic heterocycles. The molecular weight excluding hydrogens is 327 g/mol. The summed E-state index contributed by atoms with van der Waals surface area (Å²) in [5.41, 5.74) is 0.523. The van der Waals surface area contributed by atoms with E-state index in [0.717, 1.165) is 19.3 Å². The SMILES string of the molecule is CN(CC1CCCC1O)C(=O)Nc1ccc(F)cc1Br. The number of aliphatic hydroxyl groups excluding tert-OH is 1. The maximum absolute atomic E-state index is 13.0. The monoisotopic (exact) mass is 344 g/mol. The van der Waals surface area contributed by atoms with E-state index in [1.807, 2.05) is 0 Å². The molecule has 2 amide bonds. The van der Waals surface area contributed by atoms with Crippen molar-refractivity contribution in [2.75, 3.05) is 18.9 Å². The van der Waals surface area contributed by atoms with Crippen LogP contribution in [0.15, 0.2) is 22.7 Å². The van der Waals surface area contributed by atoms with E-state index in [0.29, 0.717) is 16.7 Å². The van der Waals surface area contributed by atoms with E-state index in [9.17, 15) is 14.3 Å². The second kappa shape index (κ2) is 6.54. The lowest BCUT2D eigenvalue weighted by Crippen LogP contribution is -2.37. The fraction of sp³-hybridized carbons (Fsp3) is 0.500. The van der Waals surface area contributed by atoms with Crippen LogP contribution in [0.1, 0.15) is 19.3 Å². The maximum atomic E-state index is 13.0. The van der Waals surface area contributed by atoms with Crippen molar-refractivity contribution in [1.29, 1.82) is 0 Å². The quantitative estimate of drug-likeness (QED) is 0.884. The number of benzene rings is 1. The van der Waals surface area contributed by atoms with Crippen LogP contribution in [0.2, 0.25) is 0 Å². The van der Waals surface area contributed by atoms with E-state index in [-0.39, 0.29) is 23.9 Å². The number of hydrogen-bond acceptors (Lipinski definition) is 2. The van der Waals surface area contributed by atoms with Crippen molar-refractivity contribution in [1.82, 2.24) is 4.90 Å². The number of amides is 2. The predicted molar refractivity (Wildman–Crippen MR) is 79.1 cm³/mol. The molecule has 1 fully saturated rings. The number of carbonyl (C=O) groups is 1. The van der Waals surface area contributed by atoms with Gasteiger partial charge in [-0.15, -0.1) is 0 Å². The molecule has 1 saturated carbocycles. The van der Waals surface area contributed by atoms with Gasteiger partial charge in [-0.3, -0.25) is 0 Å². The number of halogens is 2. The number of nitrogens with zero attached hydrogens (tertiary/aromatic N) is 1. The Morgan fingerprint density at radius 1 is 1.55 bits per heavy atom. The van der Waals surface area contributed by atoms with Crippen LogP contribution >= 0.6 is 15.9 Å². The summed E-state index contributed by atoms with van der Waals surface area (Å²) in [6, 6.07) is 3.84. The highest BCUT2D eigenvalue weighted by Crippen LogP contribution is 2.27. The predicted octanol–water partition coefficient (Wildman–Crippen LogP) is 3.21. The molecule has 0 radical (unpaired) electrons. The molecule has 0 bridgehead atoms. The summed E-state index contributed by atoms with van der Waals surface area (Å²) < 4.78 is 13.5. The first-order chi connectivity index (χ1) is 9.47. The molecule has 2 N–H and O–H groups in total. The van der Waals surface area contributed by atoms with Crippen LogP contribution in [0.3, 0.4) is 0 Å². The Hall–Kier alpha value is -1.14. The fourth-order valence-corrected chi connectivity index (χ4v) is 2.92. The lowest BCUT2D eigenvalue weighted by Gasteiger charge is -2.23. The van der Waals surface area contributed by atoms with Crippen molar-refractivity contribution in [3.8, 4) is 0 Å². The number of urea groups is 1. The molecule has 0 aliphatic heterocycles. The minimum atomic E-state index is -0.364. The summed E-state index contributed by atoms with van der Waals surface area (Å²) in [5.74, 6) is -0.222. The van der Waals surface area contributed by atoms with Gasteiger partial charge in [-0.2, -0.15) is 0 Å². The van der Waals surface area contributed by atoms with Gasteiger partial charge in [-0.1, -0.05) is 6.42 Å². The molecule has 0 spiro atoms. The zero-order valence-corrected chi connectivity index (χ0v) is 12.9. The molecule has 2 atom stereocenters. The van der Waals surface area contributed by atoms with Gasteiger partial charge in [0.25, 0.3) is 0 Å². The highest BCUT2D eigenvalue weighted by Gasteiger charge is 2.27. The van der Waals surface area contributed by atoms with Crippen molar-refractivity contribution in [3.05, 3.63) is 28.5 Å². The molecule has 1 aromatic rings. The summed E-state index contributed by atoms with van der Waals surface area (Å²) >= 11 is 3.21. The first kappa shape index (κ1) is 15.3. The normalized spacial score (nSPS) is 21.8. The van der Waals surface area contributed by atoms with Gasteiger partial charge in [0, 0.05) is 24.0 Å². The van der Waals surface area contributed by atoms with E-state index in [4.69, 9.17) is 0 Å². The standard InChI is InChI=1S/C14H18BrFN2O2/c1-18(8-9-3-2-4-13(9)19)14(20)17-12-6-5-10(16)7-11(12)15/h5-7,9,13,19H,2-4,8H2,1H3,(H,17,20). The van der Waals surface area contributed by atoms with E-state index >= 15 is 0 Å². The zero-order chi connectivity index (χ0) is 14.7. The summed E-state index contributed by atoms with van der Waals surface area (Å²) in [7, 11) is 1.69. The molecule has 1 aromatic carbocycles. The van der Waals surface area contributed by atoms with Gasteiger partial charge in [0.2, 0.25) is 0 Å². The average molecular weight is 345 g/mol. The first-order valence-electron chi connectivity index (χ1n) is 6.62. The Balaban J connectivity index is 1.93. The molecule has 1 aliphatic carbocycles. The molecule has 110 valence electrons. The lowest BCUT2D eigenvalue weighted by atomic mass is 10.1. The van der Waals surface area contributed by atoms with E-state index in [2.05, 4.69) is 21.2 Å². The molecule has 0 saturated heterocycles.